The second-order valence-electron chi connectivity index (χ2n) is 8.83. The van der Waals surface area contributed by atoms with Crippen LogP contribution in [0.1, 0.15) is 49.4 Å². The molecule has 0 N–H and O–H groups in total. The van der Waals surface area contributed by atoms with Gasteiger partial charge in [0.25, 0.3) is 0 Å². The molecular weight excluding hydrogens is 362 g/mol. The highest BCUT2D eigenvalue weighted by atomic mass is 16.7. The molecule has 2 aliphatic rings. The third-order valence-electron chi connectivity index (χ3n) is 5.77. The van der Waals surface area contributed by atoms with Gasteiger partial charge in [-0.3, -0.25) is 0 Å². The zero-order valence-corrected chi connectivity index (χ0v) is 18.1. The van der Waals surface area contributed by atoms with E-state index < -0.39 is 5.72 Å². The first-order valence-electron chi connectivity index (χ1n) is 10.3. The molecule has 0 saturated carbocycles. The zero-order chi connectivity index (χ0) is 20.6. The molecular formula is C24H31N3O2. The fourth-order valence-corrected chi connectivity index (χ4v) is 4.35. The summed E-state index contributed by atoms with van der Waals surface area (Å²) in [5.74, 6) is 0.782. The molecule has 0 radical (unpaired) electrons. The lowest BCUT2D eigenvalue weighted by Crippen LogP contribution is -2.50. The highest BCUT2D eigenvalue weighted by molar-refractivity contribution is 5.82. The van der Waals surface area contributed by atoms with Crippen LogP contribution in [-0.4, -0.2) is 42.3 Å². The fraction of sp³-hybridized carbons (Fsp3) is 0.458. The molecule has 29 heavy (non-hydrogen) atoms. The molecule has 0 fully saturated rings. The minimum Gasteiger partial charge on any atom is -0.364 e. The van der Waals surface area contributed by atoms with Gasteiger partial charge in [0.2, 0.25) is 11.7 Å². The van der Waals surface area contributed by atoms with E-state index >= 15 is 0 Å². The Morgan fingerprint density at radius 2 is 1.59 bits per heavy atom. The zero-order valence-electron chi connectivity index (χ0n) is 18.1. The van der Waals surface area contributed by atoms with Crippen molar-refractivity contribution in [2.75, 3.05) is 20.9 Å². The van der Waals surface area contributed by atoms with Gasteiger partial charge in [0, 0.05) is 30.8 Å². The number of guanidine groups is 1. The van der Waals surface area contributed by atoms with Crippen molar-refractivity contribution in [2.45, 2.75) is 51.3 Å². The van der Waals surface area contributed by atoms with E-state index in [1.165, 1.54) is 11.1 Å². The SMILES string of the molecule is COCN(C1=NC2(ON1C)c1ccccc1CCCc1ccccc12)C(C)(C)C. The maximum Gasteiger partial charge on any atom is 0.240 e. The maximum absolute atomic E-state index is 6.65. The highest BCUT2D eigenvalue weighted by Gasteiger charge is 2.48. The second-order valence-corrected chi connectivity index (χ2v) is 8.83. The molecule has 0 aromatic heterocycles. The van der Waals surface area contributed by atoms with Gasteiger partial charge in [0.05, 0.1) is 0 Å². The molecule has 0 saturated heterocycles. The third-order valence-corrected chi connectivity index (χ3v) is 5.77. The molecule has 5 heteroatoms. The van der Waals surface area contributed by atoms with E-state index in [1.807, 2.05) is 7.05 Å². The van der Waals surface area contributed by atoms with Crippen LogP contribution in [0.25, 0.3) is 0 Å². The summed E-state index contributed by atoms with van der Waals surface area (Å²) in [7, 11) is 3.65. The van der Waals surface area contributed by atoms with E-state index in [0.717, 1.165) is 36.3 Å². The first kappa shape index (κ1) is 19.9. The number of hydrogen-bond acceptors (Lipinski definition) is 5. The first-order valence-corrected chi connectivity index (χ1v) is 10.3. The average molecular weight is 394 g/mol. The molecule has 0 unspecified atom stereocenters. The van der Waals surface area contributed by atoms with E-state index in [-0.39, 0.29) is 5.54 Å². The summed E-state index contributed by atoms with van der Waals surface area (Å²) in [5.41, 5.74) is 3.80. The van der Waals surface area contributed by atoms with Gasteiger partial charge in [-0.25, -0.2) is 14.9 Å². The van der Waals surface area contributed by atoms with E-state index in [0.29, 0.717) is 6.73 Å². The molecule has 2 aromatic rings. The lowest BCUT2D eigenvalue weighted by atomic mass is 9.83. The number of aliphatic imine (C=N–C) groups is 1. The predicted octanol–water partition coefficient (Wildman–Crippen LogP) is 4.31. The molecule has 1 spiro atoms. The normalized spacial score (nSPS) is 18.0. The Labute approximate surface area is 173 Å². The van der Waals surface area contributed by atoms with E-state index in [1.54, 1.807) is 12.2 Å². The van der Waals surface area contributed by atoms with Gasteiger partial charge >= 0.3 is 0 Å². The Morgan fingerprint density at radius 1 is 1.03 bits per heavy atom. The highest BCUT2D eigenvalue weighted by Crippen LogP contribution is 2.45. The monoisotopic (exact) mass is 393 g/mol. The number of ether oxygens (including phenoxy) is 1. The Kier molecular flexibility index (Phi) is 5.13. The van der Waals surface area contributed by atoms with Crippen LogP contribution < -0.4 is 0 Å². The summed E-state index contributed by atoms with van der Waals surface area (Å²) in [6, 6.07) is 17.1. The molecule has 0 atom stereocenters. The maximum atomic E-state index is 6.65. The van der Waals surface area contributed by atoms with Gasteiger partial charge in [-0.2, -0.15) is 0 Å². The molecule has 0 amide bonds. The summed E-state index contributed by atoms with van der Waals surface area (Å²) in [5, 5.41) is 1.80. The molecule has 154 valence electrons. The number of fused-ring (bicyclic) bond motifs is 4. The van der Waals surface area contributed by atoms with Crippen molar-refractivity contribution in [1.29, 1.82) is 0 Å². The lowest BCUT2D eigenvalue weighted by molar-refractivity contribution is -0.158. The van der Waals surface area contributed by atoms with Crippen molar-refractivity contribution in [3.8, 4) is 0 Å². The summed E-state index contributed by atoms with van der Waals surface area (Å²) in [6.45, 7) is 6.92. The van der Waals surface area contributed by atoms with Gasteiger partial charge in [0.15, 0.2) is 0 Å². The summed E-state index contributed by atoms with van der Waals surface area (Å²) in [4.78, 5) is 14.1. The van der Waals surface area contributed by atoms with Crippen LogP contribution in [0.2, 0.25) is 0 Å². The van der Waals surface area contributed by atoms with Gasteiger partial charge in [-0.15, -0.1) is 0 Å². The molecule has 1 heterocycles. The van der Waals surface area contributed by atoms with E-state index in [9.17, 15) is 0 Å². The number of benzene rings is 2. The second kappa shape index (κ2) is 7.47. The van der Waals surface area contributed by atoms with Crippen LogP contribution in [0, 0.1) is 0 Å². The smallest absolute Gasteiger partial charge is 0.240 e. The third kappa shape index (κ3) is 3.43. The molecule has 1 aliphatic heterocycles. The Balaban J connectivity index is 1.96. The number of methoxy groups -OCH3 is 1. The summed E-state index contributed by atoms with van der Waals surface area (Å²) < 4.78 is 5.51. The van der Waals surface area contributed by atoms with Crippen molar-refractivity contribution >= 4 is 5.96 Å². The van der Waals surface area contributed by atoms with Crippen molar-refractivity contribution in [1.82, 2.24) is 9.96 Å². The lowest BCUT2D eigenvalue weighted by Gasteiger charge is -2.37. The summed E-state index contributed by atoms with van der Waals surface area (Å²) >= 11 is 0. The number of hydrogen-bond donors (Lipinski definition) is 0. The van der Waals surface area contributed by atoms with Gasteiger partial charge in [-0.05, 0) is 51.2 Å². The topological polar surface area (TPSA) is 37.3 Å². The Morgan fingerprint density at radius 3 is 2.10 bits per heavy atom. The predicted molar refractivity (Wildman–Crippen MR) is 115 cm³/mol. The van der Waals surface area contributed by atoms with Crippen LogP contribution in [0.4, 0.5) is 0 Å². The fourth-order valence-electron chi connectivity index (χ4n) is 4.35. The van der Waals surface area contributed by atoms with E-state index in [2.05, 4.69) is 74.2 Å². The van der Waals surface area contributed by atoms with Crippen LogP contribution >= 0.6 is 0 Å². The van der Waals surface area contributed by atoms with Gasteiger partial charge < -0.3 is 9.64 Å². The van der Waals surface area contributed by atoms with Crippen LogP contribution in [0.15, 0.2) is 53.5 Å². The van der Waals surface area contributed by atoms with Crippen molar-refractivity contribution < 1.29 is 9.57 Å². The molecule has 5 nitrogen and oxygen atoms in total. The minimum atomic E-state index is -0.880. The van der Waals surface area contributed by atoms with Crippen molar-refractivity contribution in [3.05, 3.63) is 70.8 Å². The molecule has 4 rings (SSSR count). The number of nitrogens with zero attached hydrogens (tertiary/aromatic N) is 3. The van der Waals surface area contributed by atoms with Gasteiger partial charge in [-0.1, -0.05) is 48.5 Å². The van der Waals surface area contributed by atoms with Gasteiger partial charge in [0.1, 0.15) is 6.73 Å². The first-order chi connectivity index (χ1) is 13.9. The molecule has 0 bridgehead atoms. The minimum absolute atomic E-state index is 0.168. The number of rotatable bonds is 2. The number of hydroxylamine groups is 2. The average Bonchev–Trinajstić information content (AvgIpc) is 3.03. The molecule has 1 aliphatic carbocycles. The van der Waals surface area contributed by atoms with Crippen LogP contribution in [0.3, 0.4) is 0 Å². The van der Waals surface area contributed by atoms with Crippen molar-refractivity contribution in [3.63, 3.8) is 0 Å². The Bertz CT molecular complexity index is 869. The quantitative estimate of drug-likeness (QED) is 0.713. The van der Waals surface area contributed by atoms with Crippen LogP contribution in [-0.2, 0) is 28.1 Å². The number of aryl methyl sites for hydroxylation is 2. The largest absolute Gasteiger partial charge is 0.364 e. The van der Waals surface area contributed by atoms with E-state index in [4.69, 9.17) is 14.6 Å². The van der Waals surface area contributed by atoms with Crippen molar-refractivity contribution in [2.24, 2.45) is 4.99 Å². The molecule has 2 aromatic carbocycles. The summed E-state index contributed by atoms with van der Waals surface area (Å²) in [6.07, 6.45) is 3.16. The van der Waals surface area contributed by atoms with Crippen LogP contribution in [0.5, 0.6) is 0 Å². The standard InChI is InChI=1S/C24H31N3O2/c1-23(2,3)27(17-28-5)22-25-24(29-26(22)4)20-15-8-6-11-18(20)13-10-14-19-12-7-9-16-21(19)24/h6-9,11-12,15-16H,10,13-14,17H2,1-5H3. The Hall–Kier alpha value is -2.37.